The molecule has 0 spiro atoms. The molecule has 3 heteroatoms. The minimum Gasteiger partial charge on any atom is -0.366 e. The summed E-state index contributed by atoms with van der Waals surface area (Å²) in [6, 6.07) is 7.47. The molecule has 0 saturated heterocycles. The number of fused-ring (bicyclic) bond motifs is 1. The van der Waals surface area contributed by atoms with Crippen LogP contribution in [0.25, 0.3) is 0 Å². The van der Waals surface area contributed by atoms with Gasteiger partial charge >= 0.3 is 0 Å². The van der Waals surface area contributed by atoms with Crippen molar-refractivity contribution in [1.82, 2.24) is 0 Å². The molecule has 0 radical (unpaired) electrons. The third-order valence-corrected chi connectivity index (χ3v) is 4.80. The van der Waals surface area contributed by atoms with Crippen LogP contribution in [0.3, 0.4) is 0 Å². The minimum absolute atomic E-state index is 0.220. The molecule has 0 aliphatic carbocycles. The molecule has 1 aliphatic heterocycles. The average Bonchev–Trinajstić information content (AvgIpc) is 2.31. The van der Waals surface area contributed by atoms with Gasteiger partial charge in [-0.1, -0.05) is 26.8 Å². The summed E-state index contributed by atoms with van der Waals surface area (Å²) in [4.78, 5) is 3.85. The lowest BCUT2D eigenvalue weighted by atomic mass is 9.87. The van der Waals surface area contributed by atoms with Crippen LogP contribution < -0.4 is 10.6 Å². The first-order valence-corrected chi connectivity index (χ1v) is 7.66. The molecule has 1 heterocycles. The summed E-state index contributed by atoms with van der Waals surface area (Å²) >= 11 is 1.97. The molecule has 1 aromatic rings. The standard InChI is InChI=1S/C15H24N2S/c1-11-10-18-14-9-12(15(2,3)4)5-6-13(14)17(11)8-7-16/h5-6,9,11H,7-8,10,16H2,1-4H3. The van der Waals surface area contributed by atoms with E-state index < -0.39 is 0 Å². The van der Waals surface area contributed by atoms with E-state index in [0.29, 0.717) is 6.04 Å². The molecule has 0 aromatic heterocycles. The third kappa shape index (κ3) is 2.67. The van der Waals surface area contributed by atoms with Crippen molar-refractivity contribution in [3.05, 3.63) is 23.8 Å². The maximum atomic E-state index is 5.73. The summed E-state index contributed by atoms with van der Waals surface area (Å²) in [7, 11) is 0. The Kier molecular flexibility index (Phi) is 3.93. The maximum absolute atomic E-state index is 5.73. The first-order valence-electron chi connectivity index (χ1n) is 6.67. The van der Waals surface area contributed by atoms with Crippen LogP contribution >= 0.6 is 11.8 Å². The van der Waals surface area contributed by atoms with E-state index in [-0.39, 0.29) is 5.41 Å². The zero-order chi connectivity index (χ0) is 13.3. The Labute approximate surface area is 115 Å². The van der Waals surface area contributed by atoms with E-state index in [1.54, 1.807) is 0 Å². The molecular formula is C15H24N2S. The van der Waals surface area contributed by atoms with E-state index in [2.05, 4.69) is 50.8 Å². The van der Waals surface area contributed by atoms with Crippen LogP contribution in [0.15, 0.2) is 23.1 Å². The number of rotatable bonds is 2. The number of benzene rings is 1. The van der Waals surface area contributed by atoms with Gasteiger partial charge in [-0.2, -0.15) is 0 Å². The maximum Gasteiger partial charge on any atom is 0.0507 e. The summed E-state index contributed by atoms with van der Waals surface area (Å²) < 4.78 is 0. The predicted molar refractivity (Wildman–Crippen MR) is 81.7 cm³/mol. The zero-order valence-corrected chi connectivity index (χ0v) is 12.7. The summed E-state index contributed by atoms with van der Waals surface area (Å²) in [5, 5.41) is 0. The fraction of sp³-hybridized carbons (Fsp3) is 0.600. The van der Waals surface area contributed by atoms with Gasteiger partial charge in [0.2, 0.25) is 0 Å². The Morgan fingerprint density at radius 3 is 2.72 bits per heavy atom. The Morgan fingerprint density at radius 2 is 2.11 bits per heavy atom. The number of hydrogen-bond donors (Lipinski definition) is 1. The molecule has 1 aromatic carbocycles. The van der Waals surface area contributed by atoms with Gasteiger partial charge in [-0.05, 0) is 30.0 Å². The van der Waals surface area contributed by atoms with Crippen molar-refractivity contribution >= 4 is 17.4 Å². The minimum atomic E-state index is 0.220. The fourth-order valence-electron chi connectivity index (χ4n) is 2.35. The molecule has 0 bridgehead atoms. The Hall–Kier alpha value is -0.670. The number of nitrogens with zero attached hydrogens (tertiary/aromatic N) is 1. The molecule has 2 nitrogen and oxygen atoms in total. The van der Waals surface area contributed by atoms with Crippen molar-refractivity contribution in [3.63, 3.8) is 0 Å². The molecule has 1 aliphatic rings. The van der Waals surface area contributed by atoms with Crippen molar-refractivity contribution in [2.75, 3.05) is 23.7 Å². The average molecular weight is 264 g/mol. The van der Waals surface area contributed by atoms with E-state index in [0.717, 1.165) is 18.8 Å². The van der Waals surface area contributed by atoms with Gasteiger partial charge in [0.05, 0.1) is 5.69 Å². The molecule has 2 rings (SSSR count). The fourth-order valence-corrected chi connectivity index (χ4v) is 3.50. The molecule has 1 unspecified atom stereocenters. The van der Waals surface area contributed by atoms with Gasteiger partial charge in [-0.3, -0.25) is 0 Å². The first kappa shape index (κ1) is 13.8. The van der Waals surface area contributed by atoms with Crippen LogP contribution in [0, 0.1) is 0 Å². The molecule has 0 saturated carbocycles. The second kappa shape index (κ2) is 5.14. The highest BCUT2D eigenvalue weighted by Crippen LogP contribution is 2.39. The van der Waals surface area contributed by atoms with Gasteiger partial charge in [0.1, 0.15) is 0 Å². The summed E-state index contributed by atoms with van der Waals surface area (Å²) in [6.45, 7) is 10.7. The number of nitrogens with two attached hydrogens (primary N) is 1. The Morgan fingerprint density at radius 1 is 1.39 bits per heavy atom. The van der Waals surface area contributed by atoms with Crippen LogP contribution in [-0.2, 0) is 5.41 Å². The summed E-state index contributed by atoms with van der Waals surface area (Å²) in [5.41, 5.74) is 8.72. The molecule has 1 atom stereocenters. The lowest BCUT2D eigenvalue weighted by molar-refractivity contribution is 0.587. The van der Waals surface area contributed by atoms with Crippen molar-refractivity contribution in [3.8, 4) is 0 Å². The summed E-state index contributed by atoms with van der Waals surface area (Å²) in [6.07, 6.45) is 0. The van der Waals surface area contributed by atoms with Crippen LogP contribution in [0.5, 0.6) is 0 Å². The van der Waals surface area contributed by atoms with Gasteiger partial charge in [-0.15, -0.1) is 11.8 Å². The second-order valence-electron chi connectivity index (χ2n) is 6.07. The van der Waals surface area contributed by atoms with E-state index in [9.17, 15) is 0 Å². The highest BCUT2D eigenvalue weighted by molar-refractivity contribution is 7.99. The normalized spacial score (nSPS) is 19.8. The van der Waals surface area contributed by atoms with Crippen LogP contribution in [0.4, 0.5) is 5.69 Å². The molecule has 18 heavy (non-hydrogen) atoms. The van der Waals surface area contributed by atoms with Crippen LogP contribution in [0.2, 0.25) is 0 Å². The van der Waals surface area contributed by atoms with Gasteiger partial charge in [0.25, 0.3) is 0 Å². The number of thioether (sulfide) groups is 1. The highest BCUT2D eigenvalue weighted by Gasteiger charge is 2.24. The highest BCUT2D eigenvalue weighted by atomic mass is 32.2. The van der Waals surface area contributed by atoms with E-state index in [4.69, 9.17) is 5.73 Å². The molecule has 2 N–H and O–H groups in total. The van der Waals surface area contributed by atoms with Gasteiger partial charge in [0.15, 0.2) is 0 Å². The van der Waals surface area contributed by atoms with E-state index >= 15 is 0 Å². The van der Waals surface area contributed by atoms with Crippen molar-refractivity contribution in [1.29, 1.82) is 0 Å². The number of hydrogen-bond acceptors (Lipinski definition) is 3. The number of anilines is 1. The zero-order valence-electron chi connectivity index (χ0n) is 11.9. The van der Waals surface area contributed by atoms with E-state index in [1.165, 1.54) is 16.1 Å². The van der Waals surface area contributed by atoms with Gasteiger partial charge < -0.3 is 10.6 Å². The Balaban J connectivity index is 2.37. The van der Waals surface area contributed by atoms with Gasteiger partial charge in [-0.25, -0.2) is 0 Å². The van der Waals surface area contributed by atoms with Crippen LogP contribution in [0.1, 0.15) is 33.3 Å². The van der Waals surface area contributed by atoms with Crippen molar-refractivity contribution in [2.24, 2.45) is 5.73 Å². The smallest absolute Gasteiger partial charge is 0.0507 e. The largest absolute Gasteiger partial charge is 0.366 e. The topological polar surface area (TPSA) is 29.3 Å². The molecule has 0 fully saturated rings. The lowest BCUT2D eigenvalue weighted by Crippen LogP contribution is -2.41. The quantitative estimate of drug-likeness (QED) is 0.889. The Bertz CT molecular complexity index is 423. The molecular weight excluding hydrogens is 240 g/mol. The molecule has 0 amide bonds. The van der Waals surface area contributed by atoms with E-state index in [1.807, 2.05) is 11.8 Å². The van der Waals surface area contributed by atoms with Crippen molar-refractivity contribution < 1.29 is 0 Å². The van der Waals surface area contributed by atoms with Gasteiger partial charge in [0, 0.05) is 29.8 Å². The molecule has 100 valence electrons. The second-order valence-corrected chi connectivity index (χ2v) is 7.14. The van der Waals surface area contributed by atoms with Crippen molar-refractivity contribution in [2.45, 2.75) is 44.0 Å². The van der Waals surface area contributed by atoms with Crippen LogP contribution in [-0.4, -0.2) is 24.9 Å². The SMILES string of the molecule is CC1CSc2cc(C(C)(C)C)ccc2N1CCN. The summed E-state index contributed by atoms with van der Waals surface area (Å²) in [5.74, 6) is 1.15. The predicted octanol–water partition coefficient (Wildman–Crippen LogP) is 3.24. The lowest BCUT2D eigenvalue weighted by Gasteiger charge is -2.37. The third-order valence-electron chi connectivity index (χ3n) is 3.52. The first-order chi connectivity index (χ1) is 8.43. The monoisotopic (exact) mass is 264 g/mol.